The number of rotatable bonds is 4. The summed E-state index contributed by atoms with van der Waals surface area (Å²) in [5.41, 5.74) is 0. The molecule has 0 radical (unpaired) electrons. The van der Waals surface area contributed by atoms with E-state index in [1.807, 2.05) is 6.08 Å². The van der Waals surface area contributed by atoms with Crippen molar-refractivity contribution in [3.8, 4) is 0 Å². The first-order valence-electron chi connectivity index (χ1n) is 3.89. The Morgan fingerprint density at radius 2 is 2.58 bits per heavy atom. The van der Waals surface area contributed by atoms with Crippen molar-refractivity contribution >= 4 is 5.97 Å². The highest BCUT2D eigenvalue weighted by molar-refractivity contribution is 5.67. The van der Waals surface area contributed by atoms with E-state index in [1.165, 1.54) is 0 Å². The lowest BCUT2D eigenvalue weighted by atomic mass is 10.2. The maximum absolute atomic E-state index is 10.1. The Hall–Kier alpha value is -1.03. The summed E-state index contributed by atoms with van der Waals surface area (Å²) in [4.78, 5) is 10.1. The first-order chi connectivity index (χ1) is 5.79. The third kappa shape index (κ3) is 3.39. The van der Waals surface area contributed by atoms with E-state index in [2.05, 4.69) is 0 Å². The number of ether oxygens (including phenoxy) is 2. The van der Waals surface area contributed by atoms with Crippen molar-refractivity contribution in [3.05, 3.63) is 12.3 Å². The number of aliphatic carboxylic acids is 1. The zero-order chi connectivity index (χ0) is 8.81. The summed E-state index contributed by atoms with van der Waals surface area (Å²) < 4.78 is 10.0. The average Bonchev–Trinajstić information content (AvgIpc) is 2.05. The minimum atomic E-state index is -0.943. The van der Waals surface area contributed by atoms with E-state index < -0.39 is 5.97 Å². The monoisotopic (exact) mass is 172 g/mol. The van der Waals surface area contributed by atoms with Crippen LogP contribution in [0.4, 0.5) is 0 Å². The van der Waals surface area contributed by atoms with Gasteiger partial charge in [-0.1, -0.05) is 0 Å². The lowest BCUT2D eigenvalue weighted by Crippen LogP contribution is -2.21. The predicted octanol–water partition coefficient (Wildman–Crippen LogP) is 0.780. The molecule has 4 nitrogen and oxygen atoms in total. The summed E-state index contributed by atoms with van der Waals surface area (Å²) >= 11 is 0. The molecule has 0 aromatic carbocycles. The molecule has 0 aliphatic carbocycles. The number of carbonyl (C=O) groups is 1. The second-order valence-electron chi connectivity index (χ2n) is 2.62. The second-order valence-corrected chi connectivity index (χ2v) is 2.62. The van der Waals surface area contributed by atoms with Crippen LogP contribution in [0.1, 0.15) is 12.8 Å². The van der Waals surface area contributed by atoms with Crippen LogP contribution in [0, 0.1) is 0 Å². The maximum Gasteiger partial charge on any atom is 0.329 e. The maximum atomic E-state index is 10.1. The summed E-state index contributed by atoms with van der Waals surface area (Å²) in [6.45, 7) is 0.111. The van der Waals surface area contributed by atoms with Crippen LogP contribution >= 0.6 is 0 Å². The molecule has 0 bridgehead atoms. The number of allylic oxidation sites excluding steroid dienone is 1. The fourth-order valence-corrected chi connectivity index (χ4v) is 0.985. The molecule has 1 aliphatic heterocycles. The number of hydrogen-bond acceptors (Lipinski definition) is 3. The predicted molar refractivity (Wildman–Crippen MR) is 41.7 cm³/mol. The van der Waals surface area contributed by atoms with Gasteiger partial charge in [0.1, 0.15) is 12.7 Å². The topological polar surface area (TPSA) is 55.8 Å². The van der Waals surface area contributed by atoms with E-state index in [-0.39, 0.29) is 12.7 Å². The van der Waals surface area contributed by atoms with Crippen LogP contribution in [0.3, 0.4) is 0 Å². The second kappa shape index (κ2) is 4.77. The highest BCUT2D eigenvalue weighted by Gasteiger charge is 2.11. The Morgan fingerprint density at radius 1 is 1.75 bits per heavy atom. The van der Waals surface area contributed by atoms with Crippen molar-refractivity contribution < 1.29 is 19.4 Å². The molecule has 0 fully saturated rings. The summed E-state index contributed by atoms with van der Waals surface area (Å²) in [6, 6.07) is 0. The molecule has 68 valence electrons. The van der Waals surface area contributed by atoms with Crippen LogP contribution < -0.4 is 0 Å². The molecule has 0 amide bonds. The summed E-state index contributed by atoms with van der Waals surface area (Å²) in [5, 5.41) is 8.26. The molecule has 0 spiro atoms. The van der Waals surface area contributed by atoms with E-state index in [0.717, 1.165) is 12.8 Å². The fraction of sp³-hybridized carbons (Fsp3) is 0.625. The molecule has 1 heterocycles. The van der Waals surface area contributed by atoms with Crippen LogP contribution in [0.5, 0.6) is 0 Å². The SMILES string of the molecule is O=C(O)COC[C@@H]1CCC=CO1. The molecule has 0 aromatic rings. The number of carboxylic acid groups (broad SMARTS) is 1. The van der Waals surface area contributed by atoms with Crippen molar-refractivity contribution in [2.24, 2.45) is 0 Å². The van der Waals surface area contributed by atoms with Gasteiger partial charge in [-0.25, -0.2) is 4.79 Å². The third-order valence-electron chi connectivity index (χ3n) is 1.55. The fourth-order valence-electron chi connectivity index (χ4n) is 0.985. The summed E-state index contributed by atoms with van der Waals surface area (Å²) in [5.74, 6) is -0.943. The van der Waals surface area contributed by atoms with Gasteiger partial charge in [0.25, 0.3) is 0 Å². The smallest absolute Gasteiger partial charge is 0.329 e. The van der Waals surface area contributed by atoms with Gasteiger partial charge in [-0.15, -0.1) is 0 Å². The van der Waals surface area contributed by atoms with Crippen LogP contribution in [-0.2, 0) is 14.3 Å². The van der Waals surface area contributed by atoms with E-state index in [9.17, 15) is 4.79 Å². The molecule has 1 rings (SSSR count). The Morgan fingerprint density at radius 3 is 3.17 bits per heavy atom. The molecular formula is C8H12O4. The minimum absolute atomic E-state index is 0.0225. The highest BCUT2D eigenvalue weighted by atomic mass is 16.5. The van der Waals surface area contributed by atoms with E-state index in [4.69, 9.17) is 14.6 Å². The molecule has 4 heteroatoms. The minimum Gasteiger partial charge on any atom is -0.496 e. The van der Waals surface area contributed by atoms with Crippen LogP contribution in [-0.4, -0.2) is 30.4 Å². The first-order valence-corrected chi connectivity index (χ1v) is 3.89. The first kappa shape index (κ1) is 9.06. The van der Waals surface area contributed by atoms with Crippen molar-refractivity contribution in [3.63, 3.8) is 0 Å². The molecule has 12 heavy (non-hydrogen) atoms. The van der Waals surface area contributed by atoms with Crippen LogP contribution in [0.15, 0.2) is 12.3 Å². The van der Waals surface area contributed by atoms with Crippen LogP contribution in [0.2, 0.25) is 0 Å². The van der Waals surface area contributed by atoms with E-state index >= 15 is 0 Å². The largest absolute Gasteiger partial charge is 0.496 e. The summed E-state index contributed by atoms with van der Waals surface area (Å²) in [7, 11) is 0. The van der Waals surface area contributed by atoms with E-state index in [0.29, 0.717) is 6.61 Å². The van der Waals surface area contributed by atoms with Crippen molar-refractivity contribution in [2.45, 2.75) is 18.9 Å². The standard InChI is InChI=1S/C8H12O4/c9-8(10)6-11-5-7-3-1-2-4-12-7/h2,4,7H,1,3,5-6H2,(H,9,10)/t7-/m0/s1. The highest BCUT2D eigenvalue weighted by Crippen LogP contribution is 2.09. The Kier molecular flexibility index (Phi) is 3.60. The zero-order valence-electron chi connectivity index (χ0n) is 6.73. The number of hydrogen-bond donors (Lipinski definition) is 1. The zero-order valence-corrected chi connectivity index (χ0v) is 6.73. The molecule has 0 unspecified atom stereocenters. The van der Waals surface area contributed by atoms with Gasteiger partial charge in [-0.2, -0.15) is 0 Å². The lowest BCUT2D eigenvalue weighted by molar-refractivity contribution is -0.143. The van der Waals surface area contributed by atoms with Crippen molar-refractivity contribution in [1.82, 2.24) is 0 Å². The Bertz CT molecular complexity index is 176. The van der Waals surface area contributed by atoms with Gasteiger partial charge in [-0.05, 0) is 18.9 Å². The van der Waals surface area contributed by atoms with Gasteiger partial charge in [0.2, 0.25) is 0 Å². The molecule has 0 aromatic heterocycles. The Balaban J connectivity index is 2.06. The molecule has 1 aliphatic rings. The van der Waals surface area contributed by atoms with Gasteiger partial charge >= 0.3 is 5.97 Å². The molecule has 1 N–H and O–H groups in total. The quantitative estimate of drug-likeness (QED) is 0.680. The average molecular weight is 172 g/mol. The van der Waals surface area contributed by atoms with Crippen molar-refractivity contribution in [1.29, 1.82) is 0 Å². The lowest BCUT2D eigenvalue weighted by Gasteiger charge is -2.18. The molecule has 0 saturated heterocycles. The Labute approximate surface area is 70.8 Å². The normalized spacial score (nSPS) is 21.8. The molecular weight excluding hydrogens is 160 g/mol. The van der Waals surface area contributed by atoms with Gasteiger partial charge in [-0.3, -0.25) is 0 Å². The third-order valence-corrected chi connectivity index (χ3v) is 1.55. The van der Waals surface area contributed by atoms with Crippen molar-refractivity contribution in [2.75, 3.05) is 13.2 Å². The van der Waals surface area contributed by atoms with Gasteiger partial charge in [0, 0.05) is 0 Å². The number of carboxylic acids is 1. The molecule has 1 atom stereocenters. The van der Waals surface area contributed by atoms with Gasteiger partial charge in [0.15, 0.2) is 0 Å². The summed E-state index contributed by atoms with van der Waals surface area (Å²) in [6.07, 6.45) is 5.47. The van der Waals surface area contributed by atoms with Gasteiger partial charge in [0.05, 0.1) is 12.9 Å². The van der Waals surface area contributed by atoms with E-state index in [1.54, 1.807) is 6.26 Å². The molecule has 0 saturated carbocycles. The van der Waals surface area contributed by atoms with Gasteiger partial charge < -0.3 is 14.6 Å². The van der Waals surface area contributed by atoms with Crippen LogP contribution in [0.25, 0.3) is 0 Å².